The van der Waals surface area contributed by atoms with E-state index in [-0.39, 0.29) is 0 Å². The van der Waals surface area contributed by atoms with E-state index in [1.54, 1.807) is 34.8 Å². The molecular formula is C18H14O2S2. The lowest BCUT2D eigenvalue weighted by molar-refractivity contribution is -0.104. The van der Waals surface area contributed by atoms with Crippen LogP contribution in [0.15, 0.2) is 48.6 Å². The van der Waals surface area contributed by atoms with Gasteiger partial charge in [0.2, 0.25) is 0 Å². The van der Waals surface area contributed by atoms with E-state index in [1.165, 1.54) is 12.2 Å². The summed E-state index contributed by atoms with van der Waals surface area (Å²) in [6, 6.07) is 8.01. The molecule has 0 aliphatic rings. The molecule has 0 aliphatic carbocycles. The number of aldehydes is 2. The number of thiophene rings is 2. The van der Waals surface area contributed by atoms with Crippen molar-refractivity contribution in [2.45, 2.75) is 0 Å². The molecule has 0 spiro atoms. The van der Waals surface area contributed by atoms with Crippen molar-refractivity contribution < 1.29 is 9.59 Å². The van der Waals surface area contributed by atoms with Gasteiger partial charge in [0.05, 0.1) is 0 Å². The minimum absolute atomic E-state index is 0.775. The molecule has 0 fully saturated rings. The minimum atomic E-state index is 0.775. The van der Waals surface area contributed by atoms with Gasteiger partial charge in [-0.1, -0.05) is 12.2 Å². The Kier molecular flexibility index (Phi) is 6.48. The van der Waals surface area contributed by atoms with Gasteiger partial charge in [-0.05, 0) is 60.7 Å². The van der Waals surface area contributed by atoms with Gasteiger partial charge in [0.1, 0.15) is 12.6 Å². The van der Waals surface area contributed by atoms with Gasteiger partial charge in [-0.2, -0.15) is 0 Å². The maximum Gasteiger partial charge on any atom is 0.142 e. The number of rotatable bonds is 7. The number of carbonyl (C=O) groups is 2. The lowest BCUT2D eigenvalue weighted by Gasteiger charge is -1.83. The molecule has 2 heterocycles. The van der Waals surface area contributed by atoms with Crippen LogP contribution >= 0.6 is 22.7 Å². The number of hydrogen-bond donors (Lipinski definition) is 0. The van der Waals surface area contributed by atoms with E-state index in [9.17, 15) is 9.59 Å². The quantitative estimate of drug-likeness (QED) is 0.409. The second kappa shape index (κ2) is 8.87. The molecule has 0 aliphatic heterocycles. The Morgan fingerprint density at radius 1 is 0.545 bits per heavy atom. The molecule has 2 rings (SSSR count). The molecule has 0 bridgehead atoms. The van der Waals surface area contributed by atoms with Gasteiger partial charge in [0, 0.05) is 19.5 Å². The molecule has 2 nitrogen and oxygen atoms in total. The average Bonchev–Trinajstić information content (AvgIpc) is 3.17. The summed E-state index contributed by atoms with van der Waals surface area (Å²) in [5.41, 5.74) is 0. The van der Waals surface area contributed by atoms with E-state index in [2.05, 4.69) is 0 Å². The summed E-state index contributed by atoms with van der Waals surface area (Å²) in [5, 5.41) is 0. The van der Waals surface area contributed by atoms with Gasteiger partial charge >= 0.3 is 0 Å². The van der Waals surface area contributed by atoms with Crippen LogP contribution in [0, 0.1) is 0 Å². The van der Waals surface area contributed by atoms with Crippen LogP contribution < -0.4 is 0 Å². The third-order valence-corrected chi connectivity index (χ3v) is 4.64. The standard InChI is InChI=1S/C18H14O2S2/c19-13-3-7-17-11-9-15(21-17)5-1-2-6-16-10-12-18(22-16)8-4-14-20/h1-14H/b5-1+,6-2+,7-3+,8-4+. The Hall–Kier alpha value is -2.30. The van der Waals surface area contributed by atoms with Crippen molar-refractivity contribution in [2.24, 2.45) is 0 Å². The SMILES string of the molecule is O=C/C=C/c1ccc(/C=C/C=C/c2ccc(/C=C/C=O)s2)s1. The molecule has 0 radical (unpaired) electrons. The Morgan fingerprint density at radius 2 is 0.864 bits per heavy atom. The zero-order chi connectivity index (χ0) is 15.6. The van der Waals surface area contributed by atoms with Crippen LogP contribution in [0.2, 0.25) is 0 Å². The van der Waals surface area contributed by atoms with Crippen LogP contribution in [0.1, 0.15) is 19.5 Å². The van der Waals surface area contributed by atoms with E-state index in [4.69, 9.17) is 0 Å². The van der Waals surface area contributed by atoms with Crippen molar-refractivity contribution in [3.05, 3.63) is 68.1 Å². The smallest absolute Gasteiger partial charge is 0.142 e. The van der Waals surface area contributed by atoms with Gasteiger partial charge in [0.15, 0.2) is 0 Å². The summed E-state index contributed by atoms with van der Waals surface area (Å²) in [5.74, 6) is 0. The molecule has 0 saturated heterocycles. The van der Waals surface area contributed by atoms with Crippen LogP contribution in [0.4, 0.5) is 0 Å². The van der Waals surface area contributed by atoms with E-state index < -0.39 is 0 Å². The first-order chi connectivity index (χ1) is 10.8. The average molecular weight is 326 g/mol. The summed E-state index contributed by atoms with van der Waals surface area (Å²) >= 11 is 3.25. The Labute approximate surface area is 137 Å². The highest BCUT2D eigenvalue weighted by Crippen LogP contribution is 2.21. The molecule has 0 atom stereocenters. The van der Waals surface area contributed by atoms with Crippen molar-refractivity contribution in [1.82, 2.24) is 0 Å². The highest BCUT2D eigenvalue weighted by atomic mass is 32.1. The highest BCUT2D eigenvalue weighted by molar-refractivity contribution is 7.14. The first kappa shape index (κ1) is 16.1. The summed E-state index contributed by atoms with van der Waals surface area (Å²) < 4.78 is 0. The second-order valence-electron chi connectivity index (χ2n) is 4.19. The molecule has 110 valence electrons. The van der Waals surface area contributed by atoms with Gasteiger partial charge in [-0.3, -0.25) is 9.59 Å². The highest BCUT2D eigenvalue weighted by Gasteiger charge is 1.93. The maximum absolute atomic E-state index is 10.3. The van der Waals surface area contributed by atoms with Crippen LogP contribution in [-0.4, -0.2) is 12.6 Å². The lowest BCUT2D eigenvalue weighted by atomic mass is 10.3. The Morgan fingerprint density at radius 3 is 1.18 bits per heavy atom. The fourth-order valence-corrected chi connectivity index (χ4v) is 3.34. The van der Waals surface area contributed by atoms with Crippen LogP contribution in [0.3, 0.4) is 0 Å². The first-order valence-corrected chi connectivity index (χ1v) is 8.23. The predicted molar refractivity (Wildman–Crippen MR) is 96.9 cm³/mol. The molecule has 0 N–H and O–H groups in total. The zero-order valence-corrected chi connectivity index (χ0v) is 13.3. The van der Waals surface area contributed by atoms with Gasteiger partial charge in [-0.25, -0.2) is 0 Å². The van der Waals surface area contributed by atoms with Crippen molar-refractivity contribution in [1.29, 1.82) is 0 Å². The number of allylic oxidation sites excluding steroid dienone is 4. The molecule has 0 saturated carbocycles. The van der Waals surface area contributed by atoms with Crippen molar-refractivity contribution in [2.75, 3.05) is 0 Å². The molecule has 0 unspecified atom stereocenters. The molecule has 2 aromatic rings. The molecule has 0 amide bonds. The maximum atomic E-state index is 10.3. The molecule has 22 heavy (non-hydrogen) atoms. The Bertz CT molecular complexity index is 678. The second-order valence-corrected chi connectivity index (χ2v) is 6.48. The third kappa shape index (κ3) is 5.24. The number of carbonyl (C=O) groups excluding carboxylic acids is 2. The van der Waals surface area contributed by atoms with Gasteiger partial charge < -0.3 is 0 Å². The van der Waals surface area contributed by atoms with Crippen molar-refractivity contribution >= 4 is 59.5 Å². The fourth-order valence-electron chi connectivity index (χ4n) is 1.66. The monoisotopic (exact) mass is 326 g/mol. The third-order valence-electron chi connectivity index (χ3n) is 2.61. The molecule has 2 aromatic heterocycles. The normalized spacial score (nSPS) is 12.2. The molecular weight excluding hydrogens is 312 g/mol. The van der Waals surface area contributed by atoms with Crippen LogP contribution in [-0.2, 0) is 9.59 Å². The molecule has 4 heteroatoms. The summed E-state index contributed by atoms with van der Waals surface area (Å²) in [7, 11) is 0. The van der Waals surface area contributed by atoms with E-state index >= 15 is 0 Å². The number of hydrogen-bond acceptors (Lipinski definition) is 4. The summed E-state index contributed by atoms with van der Waals surface area (Å²) in [6.07, 6.45) is 16.2. The first-order valence-electron chi connectivity index (χ1n) is 6.60. The summed E-state index contributed by atoms with van der Waals surface area (Å²) in [6.45, 7) is 0. The largest absolute Gasteiger partial charge is 0.299 e. The Balaban J connectivity index is 1.93. The van der Waals surface area contributed by atoms with E-state index in [0.29, 0.717) is 0 Å². The fraction of sp³-hybridized carbons (Fsp3) is 0. The van der Waals surface area contributed by atoms with Crippen molar-refractivity contribution in [3.63, 3.8) is 0 Å². The van der Waals surface area contributed by atoms with Crippen LogP contribution in [0.5, 0.6) is 0 Å². The van der Waals surface area contributed by atoms with Gasteiger partial charge in [-0.15, -0.1) is 22.7 Å². The van der Waals surface area contributed by atoms with Crippen LogP contribution in [0.25, 0.3) is 24.3 Å². The van der Waals surface area contributed by atoms with Crippen molar-refractivity contribution in [3.8, 4) is 0 Å². The molecule has 0 aromatic carbocycles. The summed E-state index contributed by atoms with van der Waals surface area (Å²) in [4.78, 5) is 24.9. The lowest BCUT2D eigenvalue weighted by Crippen LogP contribution is -1.59. The predicted octanol–water partition coefficient (Wildman–Crippen LogP) is 4.96. The van der Waals surface area contributed by atoms with Gasteiger partial charge in [0.25, 0.3) is 0 Å². The topological polar surface area (TPSA) is 34.1 Å². The zero-order valence-electron chi connectivity index (χ0n) is 11.7. The van der Waals surface area contributed by atoms with E-state index in [0.717, 1.165) is 32.1 Å². The van der Waals surface area contributed by atoms with E-state index in [1.807, 2.05) is 48.6 Å². The minimum Gasteiger partial charge on any atom is -0.299 e.